The van der Waals surface area contributed by atoms with Gasteiger partial charge in [-0.15, -0.1) is 0 Å². The number of carbonyl (C=O) groups is 2. The largest absolute Gasteiger partial charge is 0.478 e. The molecule has 0 amide bonds. The zero-order valence-electron chi connectivity index (χ0n) is 9.73. The van der Waals surface area contributed by atoms with E-state index in [2.05, 4.69) is 6.58 Å². The summed E-state index contributed by atoms with van der Waals surface area (Å²) in [6.07, 6.45) is 0.127. The minimum Gasteiger partial charge on any atom is -0.478 e. The Morgan fingerprint density at radius 1 is 1.29 bits per heavy atom. The number of allylic oxidation sites excluding steroid dienone is 1. The molecule has 0 atom stereocenters. The molecule has 0 rings (SSSR count). The van der Waals surface area contributed by atoms with E-state index < -0.39 is 11.9 Å². The summed E-state index contributed by atoms with van der Waals surface area (Å²) < 4.78 is 0. The highest BCUT2D eigenvalue weighted by Gasteiger charge is 2.22. The number of hydrogen-bond donors (Lipinski definition) is 2. The maximum Gasteiger partial charge on any atom is 0.351 e. The van der Waals surface area contributed by atoms with Crippen LogP contribution in [0.25, 0.3) is 0 Å². The molecule has 0 spiro atoms. The van der Waals surface area contributed by atoms with Crippen molar-refractivity contribution in [3.8, 4) is 6.07 Å². The average Bonchev–Trinajstić information content (AvgIpc) is 2.27. The molecule has 0 radical (unpaired) electrons. The Balaban J connectivity index is 5.65. The highest BCUT2D eigenvalue weighted by Crippen LogP contribution is 2.17. The summed E-state index contributed by atoms with van der Waals surface area (Å²) in [5.74, 6) is -2.53. The third kappa shape index (κ3) is 3.34. The third-order valence-corrected chi connectivity index (χ3v) is 2.16. The van der Waals surface area contributed by atoms with Crippen LogP contribution in [0, 0.1) is 11.3 Å². The summed E-state index contributed by atoms with van der Waals surface area (Å²) in [5.41, 5.74) is -0.636. The van der Waals surface area contributed by atoms with Crippen LogP contribution in [-0.2, 0) is 9.59 Å². The zero-order chi connectivity index (χ0) is 13.6. The number of hydrogen-bond acceptors (Lipinski definition) is 4. The number of aliphatic carboxylic acids is 2. The molecule has 0 aliphatic rings. The molecule has 0 bridgehead atoms. The van der Waals surface area contributed by atoms with Gasteiger partial charge in [0.25, 0.3) is 0 Å². The van der Waals surface area contributed by atoms with E-state index in [0.29, 0.717) is 0 Å². The van der Waals surface area contributed by atoms with Crippen LogP contribution in [-0.4, -0.2) is 33.6 Å². The summed E-state index contributed by atoms with van der Waals surface area (Å²) in [4.78, 5) is 22.8. The van der Waals surface area contributed by atoms with Crippen molar-refractivity contribution in [1.29, 1.82) is 5.26 Å². The first-order valence-corrected chi connectivity index (χ1v) is 4.96. The summed E-state index contributed by atoms with van der Waals surface area (Å²) >= 11 is 0. The van der Waals surface area contributed by atoms with Crippen LogP contribution < -0.4 is 0 Å². The molecule has 0 aliphatic heterocycles. The maximum atomic E-state index is 10.9. The van der Waals surface area contributed by atoms with Crippen molar-refractivity contribution < 1.29 is 19.8 Å². The molecular formula is C11H14N2O4. The average molecular weight is 238 g/mol. The van der Waals surface area contributed by atoms with E-state index in [1.54, 1.807) is 19.9 Å². The second-order valence-electron chi connectivity index (χ2n) is 3.09. The minimum absolute atomic E-state index is 0.127. The highest BCUT2D eigenvalue weighted by molar-refractivity contribution is 5.90. The molecule has 0 heterocycles. The molecule has 0 aromatic carbocycles. The first-order valence-electron chi connectivity index (χ1n) is 4.96. The molecular weight excluding hydrogens is 224 g/mol. The molecule has 0 aliphatic carbocycles. The van der Waals surface area contributed by atoms with Crippen molar-refractivity contribution >= 4 is 11.9 Å². The minimum atomic E-state index is -1.29. The Hall–Kier alpha value is -2.29. The Labute approximate surface area is 99.1 Å². The van der Waals surface area contributed by atoms with Crippen LogP contribution in [0.4, 0.5) is 0 Å². The normalized spacial score (nSPS) is 11.1. The highest BCUT2D eigenvalue weighted by atomic mass is 16.4. The van der Waals surface area contributed by atoms with Crippen molar-refractivity contribution in [3.63, 3.8) is 0 Å². The molecule has 92 valence electrons. The van der Waals surface area contributed by atoms with E-state index in [1.165, 1.54) is 0 Å². The van der Waals surface area contributed by atoms with Gasteiger partial charge >= 0.3 is 11.9 Å². The Morgan fingerprint density at radius 2 is 1.82 bits per heavy atom. The van der Waals surface area contributed by atoms with E-state index in [1.807, 2.05) is 0 Å². The predicted octanol–water partition coefficient (Wildman–Crippen LogP) is 1.18. The second kappa shape index (κ2) is 6.33. The number of carboxylic acids is 2. The lowest BCUT2D eigenvalue weighted by molar-refractivity contribution is -0.135. The smallest absolute Gasteiger partial charge is 0.351 e. The number of likely N-dealkylation sites (N-methyl/N-ethyl adjacent to an activating group) is 1. The molecule has 0 unspecified atom stereocenters. The fourth-order valence-corrected chi connectivity index (χ4v) is 1.31. The quantitative estimate of drug-likeness (QED) is 0.532. The molecule has 6 heteroatoms. The van der Waals surface area contributed by atoms with Gasteiger partial charge in [-0.3, -0.25) is 0 Å². The summed E-state index contributed by atoms with van der Waals surface area (Å²) in [6.45, 7) is 6.67. The van der Waals surface area contributed by atoms with Gasteiger partial charge in [0.15, 0.2) is 0 Å². The van der Waals surface area contributed by atoms with Crippen LogP contribution in [0.2, 0.25) is 0 Å². The van der Waals surface area contributed by atoms with Crippen LogP contribution >= 0.6 is 0 Å². The molecule has 0 aromatic rings. The zero-order valence-corrected chi connectivity index (χ0v) is 9.73. The number of nitriles is 1. The van der Waals surface area contributed by atoms with E-state index in [9.17, 15) is 9.59 Å². The van der Waals surface area contributed by atoms with Gasteiger partial charge in [-0.2, -0.15) is 5.26 Å². The number of nitrogens with zero attached hydrogens (tertiary/aromatic N) is 2. The van der Waals surface area contributed by atoms with E-state index >= 15 is 0 Å². The van der Waals surface area contributed by atoms with Crippen LogP contribution in [0.15, 0.2) is 23.5 Å². The monoisotopic (exact) mass is 238 g/mol. The van der Waals surface area contributed by atoms with Gasteiger partial charge in [0.05, 0.1) is 5.57 Å². The fourth-order valence-electron chi connectivity index (χ4n) is 1.31. The van der Waals surface area contributed by atoms with Crippen LogP contribution in [0.1, 0.15) is 20.3 Å². The number of carboxylic acid groups (broad SMARTS) is 2. The fraction of sp³-hybridized carbons (Fsp3) is 0.364. The van der Waals surface area contributed by atoms with Gasteiger partial charge in [0, 0.05) is 6.54 Å². The third-order valence-electron chi connectivity index (χ3n) is 2.16. The number of rotatable bonds is 6. The first-order chi connectivity index (χ1) is 7.90. The van der Waals surface area contributed by atoms with E-state index in [-0.39, 0.29) is 29.9 Å². The van der Waals surface area contributed by atoms with Gasteiger partial charge in [0.1, 0.15) is 17.5 Å². The topological polar surface area (TPSA) is 102 Å². The van der Waals surface area contributed by atoms with Crippen molar-refractivity contribution in [2.45, 2.75) is 20.3 Å². The van der Waals surface area contributed by atoms with E-state index in [0.717, 1.165) is 4.90 Å². The molecule has 0 saturated carbocycles. The van der Waals surface area contributed by atoms with Crippen LogP contribution in [0.5, 0.6) is 0 Å². The van der Waals surface area contributed by atoms with Crippen molar-refractivity contribution in [2.75, 3.05) is 6.54 Å². The molecule has 0 saturated heterocycles. The molecule has 0 fully saturated rings. The summed E-state index contributed by atoms with van der Waals surface area (Å²) in [6, 6.07) is 1.72. The predicted molar refractivity (Wildman–Crippen MR) is 59.7 cm³/mol. The summed E-state index contributed by atoms with van der Waals surface area (Å²) in [7, 11) is 0. The van der Waals surface area contributed by atoms with Crippen LogP contribution in [0.3, 0.4) is 0 Å². The maximum absolute atomic E-state index is 10.9. The summed E-state index contributed by atoms with van der Waals surface area (Å²) in [5, 5.41) is 26.7. The Morgan fingerprint density at radius 3 is 2.06 bits per heavy atom. The lowest BCUT2D eigenvalue weighted by Gasteiger charge is -2.22. The van der Waals surface area contributed by atoms with Crippen molar-refractivity contribution in [1.82, 2.24) is 4.90 Å². The van der Waals surface area contributed by atoms with E-state index in [4.69, 9.17) is 15.5 Å². The Bertz CT molecular complexity index is 418. The SMILES string of the molecule is C=C(C(=O)O)N(CC)C(C#N)=C(CC)C(=O)O. The standard InChI is InChI=1S/C11H14N2O4/c1-4-8(11(16)17)9(6-12)13(5-2)7(3)10(14)15/h3-5H2,1-2H3,(H,14,15)(H,16,17). The van der Waals surface area contributed by atoms with Crippen molar-refractivity contribution in [2.24, 2.45) is 0 Å². The lowest BCUT2D eigenvalue weighted by Crippen LogP contribution is -2.27. The lowest BCUT2D eigenvalue weighted by atomic mass is 10.1. The van der Waals surface area contributed by atoms with Gasteiger partial charge < -0.3 is 15.1 Å². The molecule has 6 nitrogen and oxygen atoms in total. The van der Waals surface area contributed by atoms with Gasteiger partial charge in [0.2, 0.25) is 0 Å². The Kier molecular flexibility index (Phi) is 5.47. The molecule has 17 heavy (non-hydrogen) atoms. The molecule has 2 N–H and O–H groups in total. The van der Waals surface area contributed by atoms with Gasteiger partial charge in [-0.25, -0.2) is 9.59 Å². The second-order valence-corrected chi connectivity index (χ2v) is 3.09. The van der Waals surface area contributed by atoms with Crippen molar-refractivity contribution in [3.05, 3.63) is 23.5 Å². The first kappa shape index (κ1) is 14.7. The van der Waals surface area contributed by atoms with Gasteiger partial charge in [-0.05, 0) is 13.3 Å². The van der Waals surface area contributed by atoms with Gasteiger partial charge in [-0.1, -0.05) is 13.5 Å². The molecule has 0 aromatic heterocycles.